The summed E-state index contributed by atoms with van der Waals surface area (Å²) in [4.78, 5) is 21.9. The molecule has 0 spiro atoms. The smallest absolute Gasteiger partial charge is 0.318 e. The van der Waals surface area contributed by atoms with Crippen LogP contribution >= 0.6 is 0 Å². The van der Waals surface area contributed by atoms with Gasteiger partial charge in [-0.05, 0) is 31.0 Å². The molecule has 0 heterocycles. The van der Waals surface area contributed by atoms with Crippen molar-refractivity contribution in [2.45, 2.75) is 32.5 Å². The molecule has 0 aromatic heterocycles. The van der Waals surface area contributed by atoms with Crippen molar-refractivity contribution in [3.05, 3.63) is 29.8 Å². The van der Waals surface area contributed by atoms with Gasteiger partial charge in [0.2, 0.25) is 0 Å². The first kappa shape index (κ1) is 15.0. The van der Waals surface area contributed by atoms with Crippen molar-refractivity contribution in [2.24, 2.45) is 5.73 Å². The number of nitrogens with two attached hydrogens (primary N) is 1. The number of nitrogens with one attached hydrogen (secondary N) is 1. The molecule has 0 aliphatic carbocycles. The lowest BCUT2D eigenvalue weighted by molar-refractivity contribution is -0.126. The molecular formula is C13H18N2O4. The van der Waals surface area contributed by atoms with Crippen LogP contribution in [-0.4, -0.2) is 23.1 Å². The summed E-state index contributed by atoms with van der Waals surface area (Å²) >= 11 is 0. The Morgan fingerprint density at radius 3 is 2.42 bits per heavy atom. The first-order valence-electron chi connectivity index (χ1n) is 5.99. The fraction of sp³-hybridized carbons (Fsp3) is 0.385. The number of carbonyl (C=O) groups is 2. The number of benzene rings is 1. The van der Waals surface area contributed by atoms with Crippen LogP contribution in [-0.2, 0) is 4.79 Å². The molecule has 6 nitrogen and oxygen atoms in total. The van der Waals surface area contributed by atoms with Crippen LogP contribution < -0.4 is 15.8 Å². The second-order valence-electron chi connectivity index (χ2n) is 4.11. The van der Waals surface area contributed by atoms with Gasteiger partial charge in [-0.3, -0.25) is 10.1 Å². The first-order valence-corrected chi connectivity index (χ1v) is 5.99. The van der Waals surface area contributed by atoms with Crippen molar-refractivity contribution in [3.63, 3.8) is 0 Å². The Morgan fingerprint density at radius 2 is 1.95 bits per heavy atom. The molecule has 0 bridgehead atoms. The van der Waals surface area contributed by atoms with Gasteiger partial charge in [-0.15, -0.1) is 0 Å². The highest BCUT2D eigenvalue weighted by molar-refractivity contribution is 5.95. The maximum absolute atomic E-state index is 11.4. The number of urea groups is 1. The Kier molecular flexibility index (Phi) is 5.32. The number of carbonyl (C=O) groups excluding carboxylic acids is 2. The molecule has 6 heteroatoms. The molecule has 104 valence electrons. The Bertz CT molecular complexity index is 444. The lowest BCUT2D eigenvalue weighted by Crippen LogP contribution is -2.42. The minimum absolute atomic E-state index is 0.471. The third kappa shape index (κ3) is 4.59. The highest BCUT2D eigenvalue weighted by atomic mass is 16.5. The number of amides is 3. The predicted molar refractivity (Wildman–Crippen MR) is 69.5 cm³/mol. The maximum Gasteiger partial charge on any atom is 0.318 e. The van der Waals surface area contributed by atoms with Crippen molar-refractivity contribution in [3.8, 4) is 5.75 Å². The highest BCUT2D eigenvalue weighted by Gasteiger charge is 2.16. The van der Waals surface area contributed by atoms with Gasteiger partial charge in [0.1, 0.15) is 5.75 Å². The molecule has 0 saturated carbocycles. The van der Waals surface area contributed by atoms with Gasteiger partial charge in [0.25, 0.3) is 5.91 Å². The molecule has 2 unspecified atom stereocenters. The Balaban J connectivity index is 2.62. The normalized spacial score (nSPS) is 13.4. The molecule has 1 rings (SSSR count). The van der Waals surface area contributed by atoms with Crippen LogP contribution in [0.25, 0.3) is 0 Å². The van der Waals surface area contributed by atoms with Gasteiger partial charge in [0, 0.05) is 0 Å². The fourth-order valence-corrected chi connectivity index (χ4v) is 1.48. The molecule has 0 saturated heterocycles. The van der Waals surface area contributed by atoms with E-state index in [4.69, 9.17) is 10.5 Å². The Labute approximate surface area is 111 Å². The first-order chi connectivity index (χ1) is 8.93. The predicted octanol–water partition coefficient (Wildman–Crippen LogP) is 1.09. The third-order valence-electron chi connectivity index (χ3n) is 2.58. The SMILES string of the molecule is CCC(O)c1ccc(OC(C)C(=O)NC(N)=O)cc1. The lowest BCUT2D eigenvalue weighted by Gasteiger charge is -2.14. The second-order valence-corrected chi connectivity index (χ2v) is 4.11. The third-order valence-corrected chi connectivity index (χ3v) is 2.58. The van der Waals surface area contributed by atoms with E-state index in [0.29, 0.717) is 12.2 Å². The van der Waals surface area contributed by atoms with Gasteiger partial charge >= 0.3 is 6.03 Å². The zero-order valence-corrected chi connectivity index (χ0v) is 10.9. The van der Waals surface area contributed by atoms with Gasteiger partial charge in [-0.2, -0.15) is 0 Å². The second kappa shape index (κ2) is 6.75. The van der Waals surface area contributed by atoms with E-state index in [1.54, 1.807) is 24.3 Å². The molecule has 1 aromatic rings. The van der Waals surface area contributed by atoms with Gasteiger partial charge in [0.15, 0.2) is 6.10 Å². The fourth-order valence-electron chi connectivity index (χ4n) is 1.48. The average molecular weight is 266 g/mol. The largest absolute Gasteiger partial charge is 0.481 e. The molecule has 0 aliphatic heterocycles. The van der Waals surface area contributed by atoms with Crippen molar-refractivity contribution in [1.82, 2.24) is 5.32 Å². The maximum atomic E-state index is 11.4. The van der Waals surface area contributed by atoms with E-state index in [1.807, 2.05) is 12.2 Å². The molecule has 2 atom stereocenters. The number of aliphatic hydroxyl groups excluding tert-OH is 1. The van der Waals surface area contributed by atoms with E-state index >= 15 is 0 Å². The van der Waals surface area contributed by atoms with Gasteiger partial charge in [-0.1, -0.05) is 19.1 Å². The lowest BCUT2D eigenvalue weighted by atomic mass is 10.1. The van der Waals surface area contributed by atoms with Gasteiger partial charge in [0.05, 0.1) is 6.10 Å². The van der Waals surface area contributed by atoms with E-state index < -0.39 is 24.1 Å². The number of imide groups is 1. The van der Waals surface area contributed by atoms with Crippen molar-refractivity contribution in [1.29, 1.82) is 0 Å². The van der Waals surface area contributed by atoms with Crippen LogP contribution in [0.5, 0.6) is 5.75 Å². The standard InChI is InChI=1S/C13H18N2O4/c1-3-11(16)9-4-6-10(7-5-9)19-8(2)12(17)15-13(14)18/h4-8,11,16H,3H2,1-2H3,(H3,14,15,17,18). The summed E-state index contributed by atoms with van der Waals surface area (Å²) in [5.74, 6) is -0.135. The van der Waals surface area contributed by atoms with Crippen LogP contribution in [0.3, 0.4) is 0 Å². The molecule has 1 aromatic carbocycles. The number of hydrogen-bond donors (Lipinski definition) is 3. The number of aliphatic hydroxyl groups is 1. The summed E-state index contributed by atoms with van der Waals surface area (Å²) in [7, 11) is 0. The zero-order valence-electron chi connectivity index (χ0n) is 10.9. The molecule has 0 aliphatic rings. The topological polar surface area (TPSA) is 102 Å². The minimum atomic E-state index is -0.915. The summed E-state index contributed by atoms with van der Waals surface area (Å²) in [5, 5.41) is 11.6. The highest BCUT2D eigenvalue weighted by Crippen LogP contribution is 2.20. The van der Waals surface area contributed by atoms with E-state index in [0.717, 1.165) is 5.56 Å². The quantitative estimate of drug-likeness (QED) is 0.742. The van der Waals surface area contributed by atoms with E-state index in [1.165, 1.54) is 6.92 Å². The van der Waals surface area contributed by atoms with Crippen LogP contribution in [0, 0.1) is 0 Å². The van der Waals surface area contributed by atoms with Crippen LogP contribution in [0.1, 0.15) is 31.9 Å². The Hall–Kier alpha value is -2.08. The summed E-state index contributed by atoms with van der Waals surface area (Å²) in [6.45, 7) is 3.39. The number of ether oxygens (including phenoxy) is 1. The molecule has 3 amide bonds. The van der Waals surface area contributed by atoms with Crippen LogP contribution in [0.15, 0.2) is 24.3 Å². The van der Waals surface area contributed by atoms with Crippen molar-refractivity contribution < 1.29 is 19.4 Å². The summed E-state index contributed by atoms with van der Waals surface area (Å²) in [6, 6.07) is 5.84. The molecule has 0 radical (unpaired) electrons. The van der Waals surface area contributed by atoms with Crippen LogP contribution in [0.2, 0.25) is 0 Å². The minimum Gasteiger partial charge on any atom is -0.481 e. The summed E-state index contributed by atoms with van der Waals surface area (Å²) in [6.07, 6.45) is -0.725. The van der Waals surface area contributed by atoms with Crippen LogP contribution in [0.4, 0.5) is 4.79 Å². The van der Waals surface area contributed by atoms with E-state index in [9.17, 15) is 14.7 Å². The van der Waals surface area contributed by atoms with Crippen molar-refractivity contribution >= 4 is 11.9 Å². The number of primary amides is 1. The summed E-state index contributed by atoms with van der Waals surface area (Å²) in [5.41, 5.74) is 5.62. The van der Waals surface area contributed by atoms with E-state index in [-0.39, 0.29) is 0 Å². The average Bonchev–Trinajstić information content (AvgIpc) is 2.37. The molecule has 0 fully saturated rings. The van der Waals surface area contributed by atoms with E-state index in [2.05, 4.69) is 0 Å². The molecular weight excluding hydrogens is 248 g/mol. The molecule has 19 heavy (non-hydrogen) atoms. The monoisotopic (exact) mass is 266 g/mol. The zero-order chi connectivity index (χ0) is 14.4. The summed E-state index contributed by atoms with van der Waals surface area (Å²) < 4.78 is 5.34. The number of rotatable bonds is 5. The van der Waals surface area contributed by atoms with Crippen molar-refractivity contribution in [2.75, 3.05) is 0 Å². The van der Waals surface area contributed by atoms with Gasteiger partial charge in [-0.25, -0.2) is 4.79 Å². The number of hydrogen-bond acceptors (Lipinski definition) is 4. The Morgan fingerprint density at radius 1 is 1.37 bits per heavy atom. The van der Waals surface area contributed by atoms with Gasteiger partial charge < -0.3 is 15.6 Å². The molecule has 4 N–H and O–H groups in total.